The van der Waals surface area contributed by atoms with E-state index in [0.717, 1.165) is 18.5 Å². The molecule has 0 spiro atoms. The molecule has 3 nitrogen and oxygen atoms in total. The van der Waals surface area contributed by atoms with Crippen LogP contribution in [0.1, 0.15) is 44.0 Å². The maximum Gasteiger partial charge on any atom is 0.143 e. The largest absolute Gasteiger partial charge is 0.299 e. The molecule has 0 fully saturated rings. The molecule has 0 aliphatic heterocycles. The van der Waals surface area contributed by atoms with E-state index >= 15 is 0 Å². The molecule has 4 heteroatoms. The van der Waals surface area contributed by atoms with Crippen molar-refractivity contribution >= 4 is 5.78 Å². The van der Waals surface area contributed by atoms with Crippen molar-refractivity contribution in [1.82, 2.24) is 9.78 Å². The Morgan fingerprint density at radius 1 is 1.19 bits per heavy atom. The number of nitrogens with zero attached hydrogens (tertiary/aromatic N) is 2. The van der Waals surface area contributed by atoms with Gasteiger partial charge in [-0.3, -0.25) is 9.48 Å². The maximum absolute atomic E-state index is 13.5. The predicted octanol–water partition coefficient (Wildman–Crippen LogP) is 3.74. The number of hydrogen-bond acceptors (Lipinski definition) is 2. The number of hydrogen-bond donors (Lipinski definition) is 0. The number of benzene rings is 1. The molecule has 0 N–H and O–H groups in total. The molecule has 0 aliphatic rings. The number of ketones is 1. The summed E-state index contributed by atoms with van der Waals surface area (Å²) in [6, 6.07) is 8.65. The van der Waals surface area contributed by atoms with Gasteiger partial charge in [0.1, 0.15) is 11.6 Å². The Balaban J connectivity index is 1.99. The lowest BCUT2D eigenvalue weighted by Crippen LogP contribution is -2.11. The van der Waals surface area contributed by atoms with E-state index in [1.807, 2.05) is 16.9 Å². The van der Waals surface area contributed by atoms with E-state index in [1.54, 1.807) is 18.2 Å². The second kappa shape index (κ2) is 7.16. The first kappa shape index (κ1) is 15.4. The van der Waals surface area contributed by atoms with Crippen molar-refractivity contribution in [3.8, 4) is 0 Å². The highest BCUT2D eigenvalue weighted by Gasteiger charge is 2.12. The van der Waals surface area contributed by atoms with Crippen LogP contribution in [0.15, 0.2) is 36.5 Å². The number of carbonyl (C=O) groups excluding carboxylic acids is 1. The summed E-state index contributed by atoms with van der Waals surface area (Å²) in [7, 11) is 0. The fourth-order valence-electron chi connectivity index (χ4n) is 2.46. The predicted molar refractivity (Wildman–Crippen MR) is 80.7 cm³/mol. The first-order valence-electron chi connectivity index (χ1n) is 7.43. The highest BCUT2D eigenvalue weighted by atomic mass is 19.1. The van der Waals surface area contributed by atoms with Crippen LogP contribution in [0, 0.1) is 5.82 Å². The van der Waals surface area contributed by atoms with Gasteiger partial charge in [-0.1, -0.05) is 32.0 Å². The van der Waals surface area contributed by atoms with Crippen molar-refractivity contribution in [1.29, 1.82) is 0 Å². The molecule has 21 heavy (non-hydrogen) atoms. The van der Waals surface area contributed by atoms with Gasteiger partial charge in [-0.2, -0.15) is 5.10 Å². The van der Waals surface area contributed by atoms with E-state index in [-0.39, 0.29) is 24.4 Å². The van der Waals surface area contributed by atoms with Crippen LogP contribution in [0.5, 0.6) is 0 Å². The minimum Gasteiger partial charge on any atom is -0.299 e. The van der Waals surface area contributed by atoms with Gasteiger partial charge in [-0.25, -0.2) is 4.39 Å². The molecule has 2 rings (SSSR count). The zero-order valence-electron chi connectivity index (χ0n) is 12.6. The van der Waals surface area contributed by atoms with Crippen LogP contribution >= 0.6 is 0 Å². The Bertz CT molecular complexity index is 602. The quantitative estimate of drug-likeness (QED) is 0.778. The smallest absolute Gasteiger partial charge is 0.143 e. The van der Waals surface area contributed by atoms with E-state index < -0.39 is 0 Å². The molecule has 0 saturated carbocycles. The van der Waals surface area contributed by atoms with E-state index in [4.69, 9.17) is 0 Å². The Morgan fingerprint density at radius 2 is 1.90 bits per heavy atom. The number of aromatic nitrogens is 2. The molecule has 112 valence electrons. The van der Waals surface area contributed by atoms with E-state index in [2.05, 4.69) is 18.9 Å². The van der Waals surface area contributed by atoms with Crippen LogP contribution in [-0.2, 0) is 17.6 Å². The fourth-order valence-corrected chi connectivity index (χ4v) is 2.46. The van der Waals surface area contributed by atoms with Crippen molar-refractivity contribution in [3.05, 3.63) is 53.6 Å². The standard InChI is InChI=1S/C17H21FN2O/c1-3-15(4-2)20-10-9-14(19-20)12-16(21)11-13-7-5-6-8-17(13)18/h5-10,15H,3-4,11-12H2,1-2H3. The molecule has 0 unspecified atom stereocenters. The number of halogens is 1. The van der Waals surface area contributed by atoms with Crippen molar-refractivity contribution < 1.29 is 9.18 Å². The summed E-state index contributed by atoms with van der Waals surface area (Å²) in [5, 5.41) is 4.46. The lowest BCUT2D eigenvalue weighted by Gasteiger charge is -2.12. The van der Waals surface area contributed by atoms with Gasteiger partial charge >= 0.3 is 0 Å². The van der Waals surface area contributed by atoms with Crippen LogP contribution in [0.4, 0.5) is 4.39 Å². The second-order valence-corrected chi connectivity index (χ2v) is 5.24. The average Bonchev–Trinajstić information content (AvgIpc) is 2.91. The summed E-state index contributed by atoms with van der Waals surface area (Å²) in [4.78, 5) is 12.0. The molecule has 0 bridgehead atoms. The lowest BCUT2D eigenvalue weighted by molar-refractivity contribution is -0.117. The van der Waals surface area contributed by atoms with Gasteiger partial charge in [-0.05, 0) is 30.5 Å². The highest BCUT2D eigenvalue weighted by molar-refractivity contribution is 5.82. The second-order valence-electron chi connectivity index (χ2n) is 5.24. The third-order valence-electron chi connectivity index (χ3n) is 3.70. The normalized spacial score (nSPS) is 11.0. The lowest BCUT2D eigenvalue weighted by atomic mass is 10.1. The van der Waals surface area contributed by atoms with E-state index in [0.29, 0.717) is 11.6 Å². The molecule has 1 heterocycles. The summed E-state index contributed by atoms with van der Waals surface area (Å²) in [6.45, 7) is 4.25. The summed E-state index contributed by atoms with van der Waals surface area (Å²) >= 11 is 0. The Hall–Kier alpha value is -1.97. The first-order chi connectivity index (χ1) is 10.1. The van der Waals surface area contributed by atoms with E-state index in [9.17, 15) is 9.18 Å². The average molecular weight is 288 g/mol. The monoisotopic (exact) mass is 288 g/mol. The molecule has 0 aliphatic carbocycles. The minimum atomic E-state index is -0.326. The van der Waals surface area contributed by atoms with Gasteiger partial charge in [0.15, 0.2) is 0 Å². The number of Topliss-reactive ketones (excluding diaryl/α,β-unsaturated/α-hetero) is 1. The summed E-state index contributed by atoms with van der Waals surface area (Å²) in [5.41, 5.74) is 1.20. The maximum atomic E-state index is 13.5. The Labute approximate surface area is 124 Å². The van der Waals surface area contributed by atoms with Crippen molar-refractivity contribution in [3.63, 3.8) is 0 Å². The molecule has 1 aromatic heterocycles. The third-order valence-corrected chi connectivity index (χ3v) is 3.70. The number of carbonyl (C=O) groups is 1. The zero-order valence-corrected chi connectivity index (χ0v) is 12.6. The van der Waals surface area contributed by atoms with Crippen molar-refractivity contribution in [2.24, 2.45) is 0 Å². The molecule has 0 atom stereocenters. The van der Waals surface area contributed by atoms with Crippen LogP contribution in [0.2, 0.25) is 0 Å². The minimum absolute atomic E-state index is 0.0186. The third kappa shape index (κ3) is 4.00. The van der Waals surface area contributed by atoms with Crippen LogP contribution in [0.25, 0.3) is 0 Å². The summed E-state index contributed by atoms with van der Waals surface area (Å²) < 4.78 is 15.4. The first-order valence-corrected chi connectivity index (χ1v) is 7.43. The van der Waals surface area contributed by atoms with Gasteiger partial charge in [0.25, 0.3) is 0 Å². The summed E-state index contributed by atoms with van der Waals surface area (Å²) in [6.07, 6.45) is 4.32. The topological polar surface area (TPSA) is 34.9 Å². The molecule has 0 amide bonds. The number of rotatable bonds is 7. The van der Waals surface area contributed by atoms with Crippen molar-refractivity contribution in [2.75, 3.05) is 0 Å². The highest BCUT2D eigenvalue weighted by Crippen LogP contribution is 2.15. The molecule has 0 radical (unpaired) electrons. The molecular weight excluding hydrogens is 267 g/mol. The van der Waals surface area contributed by atoms with Gasteiger partial charge in [0, 0.05) is 12.6 Å². The van der Waals surface area contributed by atoms with Crippen molar-refractivity contribution in [2.45, 2.75) is 45.6 Å². The summed E-state index contributed by atoms with van der Waals surface area (Å²) in [5.74, 6) is -0.344. The molecule has 1 aromatic carbocycles. The van der Waals surface area contributed by atoms with Gasteiger partial charge in [-0.15, -0.1) is 0 Å². The molecule has 2 aromatic rings. The Kier molecular flexibility index (Phi) is 5.26. The van der Waals surface area contributed by atoms with Crippen LogP contribution in [-0.4, -0.2) is 15.6 Å². The van der Waals surface area contributed by atoms with Gasteiger partial charge in [0.05, 0.1) is 18.2 Å². The fraction of sp³-hybridized carbons (Fsp3) is 0.412. The SMILES string of the molecule is CCC(CC)n1ccc(CC(=O)Cc2ccccc2F)n1. The molecule has 0 saturated heterocycles. The zero-order chi connectivity index (χ0) is 15.2. The molecular formula is C17H21FN2O. The van der Waals surface area contributed by atoms with Gasteiger partial charge < -0.3 is 0 Å². The Morgan fingerprint density at radius 3 is 2.57 bits per heavy atom. The van der Waals surface area contributed by atoms with Crippen LogP contribution in [0.3, 0.4) is 0 Å². The van der Waals surface area contributed by atoms with Crippen LogP contribution < -0.4 is 0 Å². The van der Waals surface area contributed by atoms with Gasteiger partial charge in [0.2, 0.25) is 0 Å². The van der Waals surface area contributed by atoms with E-state index in [1.165, 1.54) is 6.07 Å².